The van der Waals surface area contributed by atoms with E-state index in [-0.39, 0.29) is 0 Å². The molecule has 1 fully saturated rings. The van der Waals surface area contributed by atoms with Crippen molar-refractivity contribution >= 4 is 5.82 Å². The van der Waals surface area contributed by atoms with Gasteiger partial charge in [0.05, 0.1) is 5.69 Å². The summed E-state index contributed by atoms with van der Waals surface area (Å²) in [6.45, 7) is 5.58. The summed E-state index contributed by atoms with van der Waals surface area (Å²) in [6, 6.07) is 19.6. The van der Waals surface area contributed by atoms with E-state index in [4.69, 9.17) is 5.10 Å². The molecule has 0 spiro atoms. The maximum absolute atomic E-state index is 4.92. The molecule has 4 nitrogen and oxygen atoms in total. The van der Waals surface area contributed by atoms with Gasteiger partial charge in [-0.1, -0.05) is 54.6 Å². The van der Waals surface area contributed by atoms with E-state index in [0.717, 1.165) is 52.0 Å². The third-order valence-electron chi connectivity index (χ3n) is 6.26. The van der Waals surface area contributed by atoms with E-state index in [1.54, 1.807) is 0 Å². The molecular formula is C24H28N4. The molecular weight excluding hydrogens is 344 g/mol. The SMILES string of the molecule is Cn1nc2c(c1N1CCN(CCc3ccccc3)CC1)CCc1ccccc1-2. The summed E-state index contributed by atoms with van der Waals surface area (Å²) in [5.74, 6) is 1.34. The second kappa shape index (κ2) is 7.44. The molecule has 1 saturated heterocycles. The molecule has 0 unspecified atom stereocenters. The van der Waals surface area contributed by atoms with Crippen molar-refractivity contribution in [1.82, 2.24) is 14.7 Å². The number of anilines is 1. The van der Waals surface area contributed by atoms with E-state index in [0.29, 0.717) is 0 Å². The molecule has 28 heavy (non-hydrogen) atoms. The molecule has 4 heteroatoms. The Kier molecular flexibility index (Phi) is 4.65. The van der Waals surface area contributed by atoms with Crippen molar-refractivity contribution in [3.63, 3.8) is 0 Å². The van der Waals surface area contributed by atoms with Gasteiger partial charge >= 0.3 is 0 Å². The van der Waals surface area contributed by atoms with Gasteiger partial charge in [-0.15, -0.1) is 0 Å². The predicted octanol–water partition coefficient (Wildman–Crippen LogP) is 3.55. The van der Waals surface area contributed by atoms with E-state index in [9.17, 15) is 0 Å². The summed E-state index contributed by atoms with van der Waals surface area (Å²) >= 11 is 0. The van der Waals surface area contributed by atoms with Crippen molar-refractivity contribution in [1.29, 1.82) is 0 Å². The molecule has 2 aliphatic rings. The number of aromatic nitrogens is 2. The van der Waals surface area contributed by atoms with Gasteiger partial charge in [-0.05, 0) is 30.4 Å². The first kappa shape index (κ1) is 17.5. The Bertz CT molecular complexity index is 952. The monoisotopic (exact) mass is 372 g/mol. The molecule has 1 aromatic heterocycles. The third kappa shape index (κ3) is 3.22. The number of hydrogen-bond acceptors (Lipinski definition) is 3. The second-order valence-electron chi connectivity index (χ2n) is 8.00. The molecule has 0 radical (unpaired) electrons. The van der Waals surface area contributed by atoms with Crippen LogP contribution < -0.4 is 4.90 Å². The summed E-state index contributed by atoms with van der Waals surface area (Å²) in [5.41, 5.74) is 6.84. The highest BCUT2D eigenvalue weighted by Gasteiger charge is 2.28. The van der Waals surface area contributed by atoms with Gasteiger partial charge in [0, 0.05) is 50.9 Å². The fraction of sp³-hybridized carbons (Fsp3) is 0.375. The van der Waals surface area contributed by atoms with Crippen LogP contribution in [0.1, 0.15) is 16.7 Å². The minimum absolute atomic E-state index is 1.09. The Hall–Kier alpha value is -2.59. The normalized spacial score (nSPS) is 16.7. The zero-order valence-electron chi connectivity index (χ0n) is 16.6. The van der Waals surface area contributed by atoms with Crippen molar-refractivity contribution in [2.24, 2.45) is 7.05 Å². The quantitative estimate of drug-likeness (QED) is 0.700. The van der Waals surface area contributed by atoms with E-state index in [1.807, 2.05) is 0 Å². The van der Waals surface area contributed by atoms with Crippen LogP contribution in [0.3, 0.4) is 0 Å². The summed E-state index contributed by atoms with van der Waals surface area (Å²) in [5, 5.41) is 4.92. The van der Waals surface area contributed by atoms with Gasteiger partial charge in [0.15, 0.2) is 0 Å². The van der Waals surface area contributed by atoms with Gasteiger partial charge < -0.3 is 4.90 Å². The average Bonchev–Trinajstić information content (AvgIpc) is 3.10. The zero-order valence-corrected chi connectivity index (χ0v) is 16.6. The average molecular weight is 373 g/mol. The topological polar surface area (TPSA) is 24.3 Å². The minimum Gasteiger partial charge on any atom is -0.354 e. The molecule has 2 aromatic carbocycles. The Balaban J connectivity index is 1.28. The summed E-state index contributed by atoms with van der Waals surface area (Å²) in [7, 11) is 2.11. The van der Waals surface area contributed by atoms with Crippen LogP contribution in [0.25, 0.3) is 11.3 Å². The predicted molar refractivity (Wildman–Crippen MR) is 115 cm³/mol. The van der Waals surface area contributed by atoms with E-state index >= 15 is 0 Å². The number of benzene rings is 2. The highest BCUT2D eigenvalue weighted by molar-refractivity contribution is 5.75. The lowest BCUT2D eigenvalue weighted by molar-refractivity contribution is 0.259. The van der Waals surface area contributed by atoms with Crippen LogP contribution in [0.2, 0.25) is 0 Å². The standard InChI is InChI=1S/C24H28N4/c1-26-24(22-12-11-20-9-5-6-10-21(20)23(22)25-26)28-17-15-27(16-18-28)14-13-19-7-3-2-4-8-19/h2-10H,11-18H2,1H3. The largest absolute Gasteiger partial charge is 0.354 e. The van der Waals surface area contributed by atoms with Crippen molar-refractivity contribution in [3.05, 3.63) is 71.3 Å². The lowest BCUT2D eigenvalue weighted by Gasteiger charge is -2.36. The van der Waals surface area contributed by atoms with Gasteiger partial charge in [0.25, 0.3) is 0 Å². The zero-order chi connectivity index (χ0) is 18.9. The highest BCUT2D eigenvalue weighted by Crippen LogP contribution is 2.38. The summed E-state index contributed by atoms with van der Waals surface area (Å²) in [4.78, 5) is 5.15. The number of nitrogens with zero attached hydrogens (tertiary/aromatic N) is 4. The summed E-state index contributed by atoms with van der Waals surface area (Å²) in [6.07, 6.45) is 3.36. The molecule has 0 saturated carbocycles. The van der Waals surface area contributed by atoms with Crippen LogP contribution in [0.5, 0.6) is 0 Å². The maximum Gasteiger partial charge on any atom is 0.130 e. The Morgan fingerprint density at radius 3 is 2.43 bits per heavy atom. The number of aryl methyl sites for hydroxylation is 2. The number of fused-ring (bicyclic) bond motifs is 3. The maximum atomic E-state index is 4.92. The first-order valence-electron chi connectivity index (χ1n) is 10.4. The first-order valence-corrected chi connectivity index (χ1v) is 10.4. The van der Waals surface area contributed by atoms with Gasteiger partial charge in [-0.2, -0.15) is 5.10 Å². The van der Waals surface area contributed by atoms with Crippen molar-refractivity contribution in [2.45, 2.75) is 19.3 Å². The Labute approximate surface area is 167 Å². The number of piperazine rings is 1. The van der Waals surface area contributed by atoms with Crippen LogP contribution in [0.4, 0.5) is 5.82 Å². The summed E-state index contributed by atoms with van der Waals surface area (Å²) < 4.78 is 2.12. The number of rotatable bonds is 4. The van der Waals surface area contributed by atoms with Crippen LogP contribution >= 0.6 is 0 Å². The fourth-order valence-corrected chi connectivity index (χ4v) is 4.75. The minimum atomic E-state index is 1.09. The molecule has 1 aliphatic heterocycles. The molecule has 3 aromatic rings. The molecule has 144 valence electrons. The highest BCUT2D eigenvalue weighted by atomic mass is 15.4. The van der Waals surface area contributed by atoms with Gasteiger partial charge in [-0.25, -0.2) is 0 Å². The Morgan fingerprint density at radius 1 is 0.857 bits per heavy atom. The van der Waals surface area contributed by atoms with Crippen LogP contribution in [-0.2, 0) is 26.3 Å². The van der Waals surface area contributed by atoms with Crippen LogP contribution in [0.15, 0.2) is 54.6 Å². The molecule has 1 aliphatic carbocycles. The van der Waals surface area contributed by atoms with E-state index in [2.05, 4.69) is 76.1 Å². The molecule has 2 heterocycles. The third-order valence-corrected chi connectivity index (χ3v) is 6.26. The number of hydrogen-bond donors (Lipinski definition) is 0. The van der Waals surface area contributed by atoms with Gasteiger partial charge in [-0.3, -0.25) is 9.58 Å². The molecule has 0 amide bonds. The fourth-order valence-electron chi connectivity index (χ4n) is 4.75. The van der Waals surface area contributed by atoms with Gasteiger partial charge in [0.1, 0.15) is 5.82 Å². The van der Waals surface area contributed by atoms with Crippen LogP contribution in [-0.4, -0.2) is 47.4 Å². The van der Waals surface area contributed by atoms with Crippen molar-refractivity contribution < 1.29 is 0 Å². The molecule has 0 atom stereocenters. The van der Waals surface area contributed by atoms with E-state index in [1.165, 1.54) is 33.8 Å². The second-order valence-corrected chi connectivity index (χ2v) is 8.00. The first-order chi connectivity index (χ1) is 13.8. The van der Waals surface area contributed by atoms with Crippen molar-refractivity contribution in [2.75, 3.05) is 37.6 Å². The van der Waals surface area contributed by atoms with Gasteiger partial charge in [0.2, 0.25) is 0 Å². The van der Waals surface area contributed by atoms with Crippen LogP contribution in [0, 0.1) is 0 Å². The van der Waals surface area contributed by atoms with E-state index < -0.39 is 0 Å². The smallest absolute Gasteiger partial charge is 0.130 e. The molecule has 5 rings (SSSR count). The molecule has 0 N–H and O–H groups in total. The molecule has 0 bridgehead atoms. The lowest BCUT2D eigenvalue weighted by atomic mass is 9.90. The Morgan fingerprint density at radius 2 is 1.61 bits per heavy atom. The van der Waals surface area contributed by atoms with Crippen molar-refractivity contribution in [3.8, 4) is 11.3 Å². The lowest BCUT2D eigenvalue weighted by Crippen LogP contribution is -2.47.